The summed E-state index contributed by atoms with van der Waals surface area (Å²) in [5.74, 6) is -0.814. The third-order valence-corrected chi connectivity index (χ3v) is 6.16. The Hall–Kier alpha value is -3.61. The number of hydrogen-bond donors (Lipinski definition) is 1. The summed E-state index contributed by atoms with van der Waals surface area (Å²) in [5.41, 5.74) is 2.82. The van der Waals surface area contributed by atoms with Crippen LogP contribution in [0.1, 0.15) is 52.5 Å². The van der Waals surface area contributed by atoms with Gasteiger partial charge in [-0.25, -0.2) is 0 Å². The van der Waals surface area contributed by atoms with Gasteiger partial charge in [0.15, 0.2) is 11.4 Å². The lowest BCUT2D eigenvalue weighted by molar-refractivity contribution is 0.0677. The molecule has 4 heterocycles. The number of fused-ring (bicyclic) bond motifs is 5. The number of benzene rings is 1. The molecule has 31 heavy (non-hydrogen) atoms. The summed E-state index contributed by atoms with van der Waals surface area (Å²) in [6.07, 6.45) is 9.09. The summed E-state index contributed by atoms with van der Waals surface area (Å²) < 4.78 is 1.65. The van der Waals surface area contributed by atoms with Crippen molar-refractivity contribution in [2.45, 2.75) is 31.7 Å². The monoisotopic (exact) mass is 416 g/mol. The van der Waals surface area contributed by atoms with E-state index in [2.05, 4.69) is 22.1 Å². The van der Waals surface area contributed by atoms with Crippen LogP contribution in [0.4, 0.5) is 0 Å². The van der Waals surface area contributed by atoms with E-state index < -0.39 is 11.2 Å². The average molecular weight is 416 g/mol. The van der Waals surface area contributed by atoms with E-state index in [0.29, 0.717) is 13.2 Å². The average Bonchev–Trinajstić information content (AvgIpc) is 2.82. The van der Waals surface area contributed by atoms with Crippen molar-refractivity contribution in [2.75, 3.05) is 18.2 Å². The minimum Gasteiger partial charge on any atom is -0.502 e. The zero-order valence-corrected chi connectivity index (χ0v) is 17.1. The molecule has 7 nitrogen and oxygen atoms in total. The minimum absolute atomic E-state index is 0.0227. The Morgan fingerprint density at radius 1 is 1.00 bits per heavy atom. The van der Waals surface area contributed by atoms with Crippen molar-refractivity contribution in [1.29, 1.82) is 0 Å². The largest absolute Gasteiger partial charge is 0.502 e. The Balaban J connectivity index is 1.78. The Bertz CT molecular complexity index is 1170. The standard InChI is InChI=1S/C24H24N4O3/c29-20-11-14-27-22(23(20)30)24(31)26-13-6-2-5-9-18-15-25-12-10-19(18)21(28(27)16-26)17-7-3-1-4-8-17/h1,3-4,7-8,10-12,14-15,21,30H,2,5-6,9,13,16H2/t21-/m0/s1. The van der Waals surface area contributed by atoms with Gasteiger partial charge in [0.2, 0.25) is 5.43 Å². The first-order valence-corrected chi connectivity index (χ1v) is 10.6. The van der Waals surface area contributed by atoms with Crippen LogP contribution in [0.15, 0.2) is 65.8 Å². The van der Waals surface area contributed by atoms with Gasteiger partial charge in [-0.05, 0) is 42.0 Å². The van der Waals surface area contributed by atoms with Crippen LogP contribution < -0.4 is 10.4 Å². The number of nitrogens with zero attached hydrogens (tertiary/aromatic N) is 4. The van der Waals surface area contributed by atoms with Crippen molar-refractivity contribution in [2.24, 2.45) is 0 Å². The van der Waals surface area contributed by atoms with Crippen LogP contribution in [0.3, 0.4) is 0 Å². The molecule has 0 spiro atoms. The zero-order chi connectivity index (χ0) is 21.4. The second-order valence-electron chi connectivity index (χ2n) is 8.07. The molecule has 7 heteroatoms. The van der Waals surface area contributed by atoms with Crippen molar-refractivity contribution in [3.63, 3.8) is 0 Å². The highest BCUT2D eigenvalue weighted by Crippen LogP contribution is 2.34. The zero-order valence-electron chi connectivity index (χ0n) is 17.1. The molecule has 0 aliphatic carbocycles. The number of aromatic nitrogens is 2. The van der Waals surface area contributed by atoms with E-state index in [0.717, 1.165) is 36.8 Å². The van der Waals surface area contributed by atoms with E-state index in [1.807, 2.05) is 30.5 Å². The second kappa shape index (κ2) is 7.91. The fraction of sp³-hybridized carbons (Fsp3) is 0.292. The van der Waals surface area contributed by atoms with Crippen molar-refractivity contribution in [3.8, 4) is 5.75 Å². The van der Waals surface area contributed by atoms with Crippen molar-refractivity contribution in [3.05, 3.63) is 93.7 Å². The maximum Gasteiger partial charge on any atom is 0.277 e. The quantitative estimate of drug-likeness (QED) is 0.660. The van der Waals surface area contributed by atoms with E-state index >= 15 is 0 Å². The SMILES string of the molecule is O=C1c2c(O)c(=O)ccn2N2CN1CCCCCc1cnccc1[C@@H]2c1ccccc1. The van der Waals surface area contributed by atoms with E-state index in [1.165, 1.54) is 11.6 Å². The Morgan fingerprint density at radius 3 is 2.68 bits per heavy atom. The van der Waals surface area contributed by atoms with Gasteiger partial charge in [0.25, 0.3) is 5.91 Å². The number of rotatable bonds is 1. The normalized spacial score (nSPS) is 18.7. The van der Waals surface area contributed by atoms with E-state index in [-0.39, 0.29) is 17.6 Å². The first kappa shape index (κ1) is 19.4. The molecule has 0 saturated carbocycles. The van der Waals surface area contributed by atoms with Crippen LogP contribution in [0, 0.1) is 0 Å². The Labute approximate surface area is 180 Å². The Morgan fingerprint density at radius 2 is 1.84 bits per heavy atom. The molecule has 5 rings (SSSR count). The van der Waals surface area contributed by atoms with Gasteiger partial charge in [0.05, 0.1) is 6.04 Å². The van der Waals surface area contributed by atoms with E-state index in [4.69, 9.17) is 0 Å². The van der Waals surface area contributed by atoms with Gasteiger partial charge in [-0.3, -0.25) is 24.3 Å². The summed E-state index contributed by atoms with van der Waals surface area (Å²) in [7, 11) is 0. The van der Waals surface area contributed by atoms with Crippen molar-refractivity contribution >= 4 is 5.91 Å². The lowest BCUT2D eigenvalue weighted by atomic mass is 9.93. The lowest BCUT2D eigenvalue weighted by Gasteiger charge is -2.44. The van der Waals surface area contributed by atoms with E-state index in [1.54, 1.807) is 22.0 Å². The fourth-order valence-corrected chi connectivity index (χ4v) is 4.62. The molecule has 0 fully saturated rings. The first-order valence-electron chi connectivity index (χ1n) is 10.6. The lowest BCUT2D eigenvalue weighted by Crippen LogP contribution is -2.55. The highest BCUT2D eigenvalue weighted by atomic mass is 16.3. The molecule has 1 amide bonds. The van der Waals surface area contributed by atoms with Gasteiger partial charge in [0, 0.05) is 31.2 Å². The van der Waals surface area contributed by atoms with Crippen LogP contribution in [-0.2, 0) is 6.42 Å². The molecule has 0 radical (unpaired) electrons. The number of pyridine rings is 2. The number of carbonyl (C=O) groups excluding carboxylic acids is 1. The van der Waals surface area contributed by atoms with Crippen molar-refractivity contribution in [1.82, 2.24) is 14.6 Å². The molecule has 3 aromatic rings. The number of amides is 1. The molecule has 1 atom stereocenters. The maximum atomic E-state index is 13.2. The van der Waals surface area contributed by atoms with Gasteiger partial charge >= 0.3 is 0 Å². The van der Waals surface area contributed by atoms with Crippen LogP contribution in [0.2, 0.25) is 0 Å². The summed E-state index contributed by atoms with van der Waals surface area (Å²) in [5, 5.41) is 12.6. The summed E-state index contributed by atoms with van der Waals surface area (Å²) >= 11 is 0. The number of aryl methyl sites for hydroxylation is 1. The summed E-state index contributed by atoms with van der Waals surface area (Å²) in [6.45, 7) is 0.934. The molecular formula is C24H24N4O3. The third-order valence-electron chi connectivity index (χ3n) is 6.16. The van der Waals surface area contributed by atoms with Crippen LogP contribution in [-0.4, -0.2) is 38.8 Å². The van der Waals surface area contributed by atoms with Crippen molar-refractivity contribution < 1.29 is 9.90 Å². The van der Waals surface area contributed by atoms with Crippen LogP contribution in [0.5, 0.6) is 5.75 Å². The third kappa shape index (κ3) is 3.36. The van der Waals surface area contributed by atoms with Gasteiger partial charge in [-0.2, -0.15) is 0 Å². The number of hydrogen-bond acceptors (Lipinski definition) is 5. The molecule has 2 aromatic heterocycles. The molecule has 2 bridgehead atoms. The molecule has 2 aliphatic heterocycles. The molecule has 1 aromatic carbocycles. The summed E-state index contributed by atoms with van der Waals surface area (Å²) in [4.78, 5) is 31.5. The summed E-state index contributed by atoms with van der Waals surface area (Å²) in [6, 6.07) is 13.2. The minimum atomic E-state index is -0.549. The number of aromatic hydroxyl groups is 1. The molecule has 0 saturated heterocycles. The molecule has 1 N–H and O–H groups in total. The van der Waals surface area contributed by atoms with E-state index in [9.17, 15) is 14.7 Å². The predicted octanol–water partition coefficient (Wildman–Crippen LogP) is 2.82. The molecule has 0 unspecified atom stereocenters. The topological polar surface area (TPSA) is 78.7 Å². The Kier molecular flexibility index (Phi) is 4.94. The highest BCUT2D eigenvalue weighted by Gasteiger charge is 2.37. The number of carbonyl (C=O) groups is 1. The maximum absolute atomic E-state index is 13.2. The van der Waals surface area contributed by atoms with Crippen LogP contribution >= 0.6 is 0 Å². The molecule has 158 valence electrons. The first-order chi connectivity index (χ1) is 15.1. The van der Waals surface area contributed by atoms with Gasteiger partial charge in [-0.1, -0.05) is 36.8 Å². The van der Waals surface area contributed by atoms with Crippen LogP contribution in [0.25, 0.3) is 0 Å². The molecule has 2 aliphatic rings. The highest BCUT2D eigenvalue weighted by molar-refractivity contribution is 5.96. The fourth-order valence-electron chi connectivity index (χ4n) is 4.62. The van der Waals surface area contributed by atoms with Gasteiger partial charge in [0.1, 0.15) is 6.67 Å². The smallest absolute Gasteiger partial charge is 0.277 e. The van der Waals surface area contributed by atoms with Gasteiger partial charge in [-0.15, -0.1) is 0 Å². The second-order valence-corrected chi connectivity index (χ2v) is 8.07. The molecular weight excluding hydrogens is 392 g/mol. The predicted molar refractivity (Wildman–Crippen MR) is 117 cm³/mol. The van der Waals surface area contributed by atoms with Gasteiger partial charge < -0.3 is 10.0 Å².